The van der Waals surface area contributed by atoms with Crippen molar-refractivity contribution >= 4 is 29.4 Å². The van der Waals surface area contributed by atoms with Gasteiger partial charge < -0.3 is 19.9 Å². The van der Waals surface area contributed by atoms with E-state index in [1.807, 2.05) is 0 Å². The molecule has 3 rings (SSSR count). The molecule has 0 aromatic carbocycles. The Morgan fingerprint density at radius 2 is 2.03 bits per heavy atom. The minimum Gasteiger partial charge on any atom is -0.444 e. The number of amides is 2. The van der Waals surface area contributed by atoms with Crippen molar-refractivity contribution < 1.29 is 18.8 Å². The van der Waals surface area contributed by atoms with Gasteiger partial charge in [-0.3, -0.25) is 9.69 Å². The number of aromatic nitrogens is 3. The molecule has 2 aromatic heterocycles. The fraction of sp³-hybridized carbons (Fsp3) is 0.591. The van der Waals surface area contributed by atoms with Crippen LogP contribution in [0.3, 0.4) is 0 Å². The molecule has 0 aliphatic carbocycles. The van der Waals surface area contributed by atoms with Crippen molar-refractivity contribution in [3.8, 4) is 0 Å². The van der Waals surface area contributed by atoms with E-state index in [1.165, 1.54) is 6.20 Å². The molecule has 11 heteroatoms. The molecule has 10 nitrogen and oxygen atoms in total. The van der Waals surface area contributed by atoms with Gasteiger partial charge in [0.1, 0.15) is 17.0 Å². The molecule has 0 bridgehead atoms. The van der Waals surface area contributed by atoms with Crippen LogP contribution in [0.1, 0.15) is 59.2 Å². The molecule has 3 heterocycles. The quantitative estimate of drug-likeness (QED) is 0.643. The number of hydrogen-bond donors (Lipinski definition) is 2. The zero-order valence-electron chi connectivity index (χ0n) is 19.6. The minimum atomic E-state index is -0.875. The highest BCUT2D eigenvalue weighted by molar-refractivity contribution is 6.30. The van der Waals surface area contributed by atoms with E-state index >= 15 is 0 Å². The molecule has 180 valence electrons. The van der Waals surface area contributed by atoms with Crippen LogP contribution >= 0.6 is 11.6 Å². The van der Waals surface area contributed by atoms with Crippen molar-refractivity contribution in [2.75, 3.05) is 18.4 Å². The van der Waals surface area contributed by atoms with E-state index in [2.05, 4.69) is 30.7 Å². The van der Waals surface area contributed by atoms with Crippen molar-refractivity contribution in [2.45, 2.75) is 65.1 Å². The van der Waals surface area contributed by atoms with Crippen LogP contribution in [0.2, 0.25) is 5.02 Å². The standard InChI is InChI=1S/C22H31ClN6O4/c1-21(2,3)32-20(31)27-22(4,5)19-26-17(33-28-19)13-29-10-6-7-14(12-29)18(30)25-16-9-8-15(23)11-24-16/h8-9,11,14H,6-7,10,12-13H2,1-5H3,(H,27,31)(H,24,25,30). The summed E-state index contributed by atoms with van der Waals surface area (Å²) < 4.78 is 10.7. The van der Waals surface area contributed by atoms with E-state index in [0.717, 1.165) is 19.4 Å². The summed E-state index contributed by atoms with van der Waals surface area (Å²) in [5.74, 6) is 0.989. The fourth-order valence-electron chi connectivity index (χ4n) is 3.47. The van der Waals surface area contributed by atoms with Crippen LogP contribution in [0, 0.1) is 5.92 Å². The minimum absolute atomic E-state index is 0.0802. The molecule has 2 amide bonds. The number of carbonyl (C=O) groups excluding carboxylic acids is 2. The number of anilines is 1. The van der Waals surface area contributed by atoms with Gasteiger partial charge in [-0.25, -0.2) is 9.78 Å². The molecule has 0 saturated carbocycles. The third-order valence-electron chi connectivity index (χ3n) is 5.05. The first-order valence-corrected chi connectivity index (χ1v) is 11.3. The van der Waals surface area contributed by atoms with Gasteiger partial charge in [0.25, 0.3) is 0 Å². The summed E-state index contributed by atoms with van der Waals surface area (Å²) in [5.41, 5.74) is -1.48. The Morgan fingerprint density at radius 1 is 1.27 bits per heavy atom. The van der Waals surface area contributed by atoms with Gasteiger partial charge in [-0.05, 0) is 66.1 Å². The number of ether oxygens (including phenoxy) is 1. The largest absolute Gasteiger partial charge is 0.444 e. The highest BCUT2D eigenvalue weighted by atomic mass is 35.5. The molecule has 1 aliphatic rings. The molecule has 1 atom stereocenters. The van der Waals surface area contributed by atoms with Crippen molar-refractivity contribution in [1.82, 2.24) is 25.3 Å². The SMILES string of the molecule is CC(C)(C)OC(=O)NC(C)(C)c1noc(CN2CCCC(C(=O)Nc3ccc(Cl)cn3)C2)n1. The number of hydrogen-bond acceptors (Lipinski definition) is 8. The smallest absolute Gasteiger partial charge is 0.408 e. The molecule has 1 aliphatic heterocycles. The van der Waals surface area contributed by atoms with Crippen molar-refractivity contribution in [1.29, 1.82) is 0 Å². The molecule has 1 fully saturated rings. The summed E-state index contributed by atoms with van der Waals surface area (Å²) in [6.45, 7) is 10.7. The number of likely N-dealkylation sites (tertiary alicyclic amines) is 1. The molecule has 1 saturated heterocycles. The molecule has 1 unspecified atom stereocenters. The first-order valence-electron chi connectivity index (χ1n) is 10.9. The predicted molar refractivity (Wildman–Crippen MR) is 123 cm³/mol. The van der Waals surface area contributed by atoms with E-state index in [9.17, 15) is 9.59 Å². The Labute approximate surface area is 198 Å². The van der Waals surface area contributed by atoms with Crippen LogP contribution in [0.15, 0.2) is 22.9 Å². The molecular formula is C22H31ClN6O4. The van der Waals surface area contributed by atoms with Gasteiger partial charge in [0.05, 0.1) is 17.5 Å². The van der Waals surface area contributed by atoms with Gasteiger partial charge in [0.2, 0.25) is 11.8 Å². The third-order valence-corrected chi connectivity index (χ3v) is 5.28. The molecule has 33 heavy (non-hydrogen) atoms. The summed E-state index contributed by atoms with van der Waals surface area (Å²) in [7, 11) is 0. The highest BCUT2D eigenvalue weighted by Gasteiger charge is 2.32. The van der Waals surface area contributed by atoms with E-state index < -0.39 is 17.2 Å². The van der Waals surface area contributed by atoms with Crippen LogP contribution in [-0.2, 0) is 21.6 Å². The number of piperidine rings is 1. The Hall–Kier alpha value is -2.72. The number of pyridine rings is 1. The lowest BCUT2D eigenvalue weighted by Crippen LogP contribution is -2.44. The monoisotopic (exact) mass is 478 g/mol. The Balaban J connectivity index is 1.56. The lowest BCUT2D eigenvalue weighted by Gasteiger charge is -2.30. The van der Waals surface area contributed by atoms with E-state index in [-0.39, 0.29) is 11.8 Å². The summed E-state index contributed by atoms with van der Waals surface area (Å²) in [6.07, 6.45) is 2.60. The van der Waals surface area contributed by atoms with E-state index in [0.29, 0.717) is 35.6 Å². The number of carbonyl (C=O) groups is 2. The molecule has 2 N–H and O–H groups in total. The lowest BCUT2D eigenvalue weighted by molar-refractivity contribution is -0.121. The van der Waals surface area contributed by atoms with Gasteiger partial charge in [-0.1, -0.05) is 16.8 Å². The summed E-state index contributed by atoms with van der Waals surface area (Å²) in [5, 5.41) is 10.2. The maximum absolute atomic E-state index is 12.7. The molecule has 0 spiro atoms. The van der Waals surface area contributed by atoms with Gasteiger partial charge in [0.15, 0.2) is 5.82 Å². The maximum Gasteiger partial charge on any atom is 0.408 e. The molecule has 0 radical (unpaired) electrons. The summed E-state index contributed by atoms with van der Waals surface area (Å²) in [4.78, 5) is 35.5. The van der Waals surface area contributed by atoms with E-state index in [1.54, 1.807) is 46.8 Å². The Bertz CT molecular complexity index is 970. The average molecular weight is 479 g/mol. The number of alkyl carbamates (subject to hydrolysis) is 1. The van der Waals surface area contributed by atoms with Crippen molar-refractivity contribution in [2.24, 2.45) is 5.92 Å². The number of nitrogens with one attached hydrogen (secondary N) is 2. The van der Waals surface area contributed by atoms with Crippen LogP contribution < -0.4 is 10.6 Å². The second-order valence-corrected chi connectivity index (χ2v) is 10.1. The van der Waals surface area contributed by atoms with Gasteiger partial charge in [0, 0.05) is 12.7 Å². The highest BCUT2D eigenvalue weighted by Crippen LogP contribution is 2.22. The van der Waals surface area contributed by atoms with Crippen LogP contribution in [-0.4, -0.2) is 50.7 Å². The zero-order chi connectivity index (χ0) is 24.2. The van der Waals surface area contributed by atoms with Gasteiger partial charge in [-0.2, -0.15) is 4.98 Å². The Kier molecular flexibility index (Phi) is 7.58. The van der Waals surface area contributed by atoms with Crippen LogP contribution in [0.25, 0.3) is 0 Å². The number of halogens is 1. The lowest BCUT2D eigenvalue weighted by atomic mass is 9.97. The third kappa shape index (κ3) is 7.40. The second-order valence-electron chi connectivity index (χ2n) is 9.69. The zero-order valence-corrected chi connectivity index (χ0v) is 20.4. The van der Waals surface area contributed by atoms with Gasteiger partial charge >= 0.3 is 6.09 Å². The Morgan fingerprint density at radius 3 is 2.70 bits per heavy atom. The maximum atomic E-state index is 12.7. The predicted octanol–water partition coefficient (Wildman–Crippen LogP) is 3.73. The molecular weight excluding hydrogens is 448 g/mol. The summed E-state index contributed by atoms with van der Waals surface area (Å²) >= 11 is 5.84. The first kappa shape index (κ1) is 24.9. The summed E-state index contributed by atoms with van der Waals surface area (Å²) in [6, 6.07) is 3.36. The molecule has 2 aromatic rings. The second kappa shape index (κ2) is 10.0. The number of rotatable bonds is 6. The van der Waals surface area contributed by atoms with Crippen molar-refractivity contribution in [3.63, 3.8) is 0 Å². The van der Waals surface area contributed by atoms with Crippen molar-refractivity contribution in [3.05, 3.63) is 35.1 Å². The van der Waals surface area contributed by atoms with E-state index in [4.69, 9.17) is 20.9 Å². The van der Waals surface area contributed by atoms with Crippen LogP contribution in [0.5, 0.6) is 0 Å². The first-order chi connectivity index (χ1) is 15.4. The normalized spacial score (nSPS) is 17.5. The fourth-order valence-corrected chi connectivity index (χ4v) is 3.58. The topological polar surface area (TPSA) is 122 Å². The van der Waals surface area contributed by atoms with Gasteiger partial charge in [-0.15, -0.1) is 0 Å². The number of nitrogens with zero attached hydrogens (tertiary/aromatic N) is 4. The van der Waals surface area contributed by atoms with Crippen LogP contribution in [0.4, 0.5) is 10.6 Å². The average Bonchev–Trinajstić information content (AvgIpc) is 3.17.